The number of rotatable bonds is 7. The Balaban J connectivity index is 1.28. The SMILES string of the molecule is COc1cc(C)ccc1OCCC(=O)N1CCN(c2ccnc(-c3ccccc3)n2)CC1. The molecular formula is C25H28N4O3. The van der Waals surface area contributed by atoms with E-state index in [0.717, 1.165) is 30.0 Å². The molecule has 1 amide bonds. The van der Waals surface area contributed by atoms with Crippen LogP contribution in [0, 0.1) is 6.92 Å². The number of piperazine rings is 1. The van der Waals surface area contributed by atoms with Crippen molar-refractivity contribution in [1.29, 1.82) is 0 Å². The second-order valence-electron chi connectivity index (χ2n) is 7.73. The lowest BCUT2D eigenvalue weighted by Gasteiger charge is -2.35. The third-order valence-electron chi connectivity index (χ3n) is 5.52. The summed E-state index contributed by atoms with van der Waals surface area (Å²) in [7, 11) is 1.62. The van der Waals surface area contributed by atoms with E-state index in [4.69, 9.17) is 14.5 Å². The van der Waals surface area contributed by atoms with Crippen LogP contribution in [0.25, 0.3) is 11.4 Å². The van der Waals surface area contributed by atoms with E-state index in [1.807, 2.05) is 66.4 Å². The van der Waals surface area contributed by atoms with Crippen LogP contribution in [-0.4, -0.2) is 60.7 Å². The first kappa shape index (κ1) is 21.6. The van der Waals surface area contributed by atoms with E-state index in [-0.39, 0.29) is 5.91 Å². The van der Waals surface area contributed by atoms with Gasteiger partial charge in [-0.15, -0.1) is 0 Å². The Kier molecular flexibility index (Phi) is 6.84. The number of methoxy groups -OCH3 is 1. The molecule has 0 N–H and O–H groups in total. The van der Waals surface area contributed by atoms with Gasteiger partial charge in [-0.1, -0.05) is 36.4 Å². The fraction of sp³-hybridized carbons (Fsp3) is 0.320. The van der Waals surface area contributed by atoms with Crippen LogP contribution in [-0.2, 0) is 4.79 Å². The summed E-state index contributed by atoms with van der Waals surface area (Å²) in [6, 6.07) is 17.6. The van der Waals surface area contributed by atoms with Crippen molar-refractivity contribution >= 4 is 11.7 Å². The van der Waals surface area contributed by atoms with Gasteiger partial charge in [0.05, 0.1) is 20.1 Å². The zero-order valence-electron chi connectivity index (χ0n) is 18.5. The number of hydrogen-bond acceptors (Lipinski definition) is 6. The molecule has 2 aromatic carbocycles. The van der Waals surface area contributed by atoms with Gasteiger partial charge in [-0.2, -0.15) is 0 Å². The molecule has 0 bridgehead atoms. The summed E-state index contributed by atoms with van der Waals surface area (Å²) in [5, 5.41) is 0. The molecule has 2 heterocycles. The van der Waals surface area contributed by atoms with Gasteiger partial charge in [-0.25, -0.2) is 9.97 Å². The van der Waals surface area contributed by atoms with Crippen molar-refractivity contribution in [3.8, 4) is 22.9 Å². The molecule has 1 fully saturated rings. The van der Waals surface area contributed by atoms with Gasteiger partial charge in [0.1, 0.15) is 5.82 Å². The first-order valence-electron chi connectivity index (χ1n) is 10.8. The Morgan fingerprint density at radius 1 is 1.00 bits per heavy atom. The van der Waals surface area contributed by atoms with Crippen molar-refractivity contribution in [2.45, 2.75) is 13.3 Å². The van der Waals surface area contributed by atoms with Crippen LogP contribution in [0.3, 0.4) is 0 Å². The molecule has 166 valence electrons. The topological polar surface area (TPSA) is 67.8 Å². The van der Waals surface area contributed by atoms with Gasteiger partial charge in [0.25, 0.3) is 0 Å². The van der Waals surface area contributed by atoms with E-state index in [1.165, 1.54) is 0 Å². The van der Waals surface area contributed by atoms with Crippen LogP contribution in [0.2, 0.25) is 0 Å². The Hall–Kier alpha value is -3.61. The summed E-state index contributed by atoms with van der Waals surface area (Å²) in [5.41, 5.74) is 2.09. The highest BCUT2D eigenvalue weighted by atomic mass is 16.5. The molecule has 0 aliphatic carbocycles. The summed E-state index contributed by atoms with van der Waals surface area (Å²) >= 11 is 0. The quantitative estimate of drug-likeness (QED) is 0.569. The zero-order chi connectivity index (χ0) is 22.3. The molecular weight excluding hydrogens is 404 g/mol. The van der Waals surface area contributed by atoms with Gasteiger partial charge in [0.2, 0.25) is 5.91 Å². The highest BCUT2D eigenvalue weighted by Crippen LogP contribution is 2.28. The first-order chi connectivity index (χ1) is 15.6. The third kappa shape index (κ3) is 5.17. The summed E-state index contributed by atoms with van der Waals surface area (Å²) < 4.78 is 11.1. The first-order valence-corrected chi connectivity index (χ1v) is 10.8. The van der Waals surface area contributed by atoms with Crippen molar-refractivity contribution < 1.29 is 14.3 Å². The summed E-state index contributed by atoms with van der Waals surface area (Å²) in [6.45, 7) is 5.13. The number of hydrogen-bond donors (Lipinski definition) is 0. The molecule has 1 aliphatic rings. The average Bonchev–Trinajstić information content (AvgIpc) is 2.85. The van der Waals surface area contributed by atoms with Crippen molar-refractivity contribution in [2.24, 2.45) is 0 Å². The van der Waals surface area contributed by atoms with E-state index >= 15 is 0 Å². The fourth-order valence-corrected chi connectivity index (χ4v) is 3.74. The van der Waals surface area contributed by atoms with Gasteiger partial charge in [0.15, 0.2) is 17.3 Å². The summed E-state index contributed by atoms with van der Waals surface area (Å²) in [4.78, 5) is 25.9. The van der Waals surface area contributed by atoms with Crippen molar-refractivity contribution in [3.05, 3.63) is 66.4 Å². The number of carbonyl (C=O) groups is 1. The smallest absolute Gasteiger partial charge is 0.226 e. The Morgan fingerprint density at radius 3 is 2.53 bits per heavy atom. The van der Waals surface area contributed by atoms with Crippen LogP contribution < -0.4 is 14.4 Å². The number of carbonyl (C=O) groups excluding carboxylic acids is 1. The van der Waals surface area contributed by atoms with Crippen LogP contribution in [0.4, 0.5) is 5.82 Å². The van der Waals surface area contributed by atoms with Gasteiger partial charge in [-0.3, -0.25) is 4.79 Å². The van der Waals surface area contributed by atoms with E-state index in [2.05, 4.69) is 9.88 Å². The minimum absolute atomic E-state index is 0.100. The molecule has 1 aliphatic heterocycles. The van der Waals surface area contributed by atoms with Crippen molar-refractivity contribution in [1.82, 2.24) is 14.9 Å². The standard InChI is InChI=1S/C25H28N4O3/c1-19-8-9-21(22(18-19)31-2)32-17-11-24(30)29-15-13-28(14-16-29)23-10-12-26-25(27-23)20-6-4-3-5-7-20/h3-10,12,18H,11,13-17H2,1-2H3. The highest BCUT2D eigenvalue weighted by Gasteiger charge is 2.22. The van der Waals surface area contributed by atoms with E-state index < -0.39 is 0 Å². The molecule has 32 heavy (non-hydrogen) atoms. The second kappa shape index (κ2) is 10.1. The maximum absolute atomic E-state index is 12.6. The van der Waals surface area contributed by atoms with Crippen LogP contribution >= 0.6 is 0 Å². The molecule has 4 rings (SSSR count). The molecule has 0 spiro atoms. The van der Waals surface area contributed by atoms with E-state index in [0.29, 0.717) is 43.4 Å². The number of benzene rings is 2. The van der Waals surface area contributed by atoms with Crippen LogP contribution in [0.15, 0.2) is 60.8 Å². The van der Waals surface area contributed by atoms with E-state index in [1.54, 1.807) is 13.3 Å². The van der Waals surface area contributed by atoms with Crippen molar-refractivity contribution in [2.75, 3.05) is 44.8 Å². The summed E-state index contributed by atoms with van der Waals surface area (Å²) in [5.74, 6) is 3.05. The van der Waals surface area contributed by atoms with Crippen LogP contribution in [0.5, 0.6) is 11.5 Å². The predicted molar refractivity (Wildman–Crippen MR) is 124 cm³/mol. The maximum Gasteiger partial charge on any atom is 0.226 e. The number of ether oxygens (including phenoxy) is 2. The third-order valence-corrected chi connectivity index (χ3v) is 5.52. The normalized spacial score (nSPS) is 13.7. The van der Waals surface area contributed by atoms with Gasteiger partial charge in [-0.05, 0) is 30.7 Å². The molecule has 7 heteroatoms. The Morgan fingerprint density at radius 2 is 1.78 bits per heavy atom. The molecule has 0 unspecified atom stereocenters. The molecule has 0 atom stereocenters. The lowest BCUT2D eigenvalue weighted by molar-refractivity contribution is -0.132. The number of amides is 1. The fourth-order valence-electron chi connectivity index (χ4n) is 3.74. The molecule has 7 nitrogen and oxygen atoms in total. The molecule has 1 aromatic heterocycles. The highest BCUT2D eigenvalue weighted by molar-refractivity contribution is 5.76. The minimum atomic E-state index is 0.100. The number of nitrogens with zero attached hydrogens (tertiary/aromatic N) is 4. The Labute approximate surface area is 188 Å². The van der Waals surface area contributed by atoms with E-state index in [9.17, 15) is 4.79 Å². The van der Waals surface area contributed by atoms with Gasteiger partial charge >= 0.3 is 0 Å². The average molecular weight is 433 g/mol. The summed E-state index contributed by atoms with van der Waals surface area (Å²) in [6.07, 6.45) is 2.13. The Bertz CT molecular complexity index is 1050. The van der Waals surface area contributed by atoms with Gasteiger partial charge in [0, 0.05) is 37.9 Å². The van der Waals surface area contributed by atoms with Gasteiger partial charge < -0.3 is 19.3 Å². The number of aromatic nitrogens is 2. The van der Waals surface area contributed by atoms with Crippen LogP contribution in [0.1, 0.15) is 12.0 Å². The largest absolute Gasteiger partial charge is 0.493 e. The molecule has 1 saturated heterocycles. The predicted octanol–water partition coefficient (Wildman–Crippen LogP) is 3.58. The molecule has 0 saturated carbocycles. The number of anilines is 1. The van der Waals surface area contributed by atoms with Crippen molar-refractivity contribution in [3.63, 3.8) is 0 Å². The monoisotopic (exact) mass is 432 g/mol. The zero-order valence-corrected chi connectivity index (χ0v) is 18.5. The number of aryl methyl sites for hydroxylation is 1. The molecule has 0 radical (unpaired) electrons. The lowest BCUT2D eigenvalue weighted by atomic mass is 10.2. The maximum atomic E-state index is 12.6. The minimum Gasteiger partial charge on any atom is -0.493 e. The lowest BCUT2D eigenvalue weighted by Crippen LogP contribution is -2.49. The second-order valence-corrected chi connectivity index (χ2v) is 7.73. The molecule has 3 aromatic rings.